The van der Waals surface area contributed by atoms with Gasteiger partial charge in [-0.3, -0.25) is 0 Å². The predicted molar refractivity (Wildman–Crippen MR) is 53.7 cm³/mol. The van der Waals surface area contributed by atoms with Crippen LogP contribution in [-0.2, 0) is 0 Å². The molecule has 0 aromatic carbocycles. The van der Waals surface area contributed by atoms with E-state index in [9.17, 15) is 0 Å². The zero-order valence-electron chi connectivity index (χ0n) is 8.93. The molecule has 0 fully saturated rings. The molecule has 0 rings (SSSR count). The van der Waals surface area contributed by atoms with Gasteiger partial charge in [0.05, 0.1) is 0 Å². The Morgan fingerprint density at radius 2 is 0.857 bits per heavy atom. The van der Waals surface area contributed by atoms with Crippen LogP contribution in [0.5, 0.6) is 0 Å². The molecule has 4 heteroatoms. The highest BCUT2D eigenvalue weighted by Gasteiger charge is 2.27. The Hall–Kier alpha value is -0.160. The molecule has 4 N–H and O–H groups in total. The lowest BCUT2D eigenvalue weighted by atomic mass is 9.78. The van der Waals surface area contributed by atoms with Crippen molar-refractivity contribution in [3.63, 3.8) is 0 Å². The van der Waals surface area contributed by atoms with E-state index in [0.29, 0.717) is 0 Å². The van der Waals surface area contributed by atoms with E-state index >= 15 is 0 Å². The van der Waals surface area contributed by atoms with Crippen LogP contribution < -0.4 is 0 Å². The van der Waals surface area contributed by atoms with Crippen LogP contribution >= 0.6 is 0 Å². The van der Waals surface area contributed by atoms with Gasteiger partial charge < -0.3 is 20.4 Å². The highest BCUT2D eigenvalue weighted by molar-refractivity contribution is 4.75. The van der Waals surface area contributed by atoms with Gasteiger partial charge in [0.2, 0.25) is 0 Å². The molecule has 0 radical (unpaired) electrons. The first-order chi connectivity index (χ1) is 6.62. The van der Waals surface area contributed by atoms with Crippen LogP contribution in [-0.4, -0.2) is 46.9 Å². The number of hydrogen-bond acceptors (Lipinski definition) is 4. The normalized spacial score (nSPS) is 16.3. The summed E-state index contributed by atoms with van der Waals surface area (Å²) in [6, 6.07) is 0. The van der Waals surface area contributed by atoms with Gasteiger partial charge in [-0.15, -0.1) is 0 Å². The minimum atomic E-state index is -0.175. The molecule has 0 heterocycles. The summed E-state index contributed by atoms with van der Waals surface area (Å²) >= 11 is 0. The maximum absolute atomic E-state index is 8.99. The fraction of sp³-hybridized carbons (Fsp3) is 1.00. The SMILES string of the molecule is C[C@@H](C(CO)CO)[C@@H](C)C(CO)CO. The lowest BCUT2D eigenvalue weighted by Gasteiger charge is -2.30. The van der Waals surface area contributed by atoms with Crippen molar-refractivity contribution in [1.29, 1.82) is 0 Å². The molecular weight excluding hydrogens is 184 g/mol. The summed E-state index contributed by atoms with van der Waals surface area (Å²) in [7, 11) is 0. The zero-order valence-corrected chi connectivity index (χ0v) is 8.93. The molecule has 0 aromatic heterocycles. The molecule has 0 aliphatic rings. The number of hydrogen-bond donors (Lipinski definition) is 4. The lowest BCUT2D eigenvalue weighted by molar-refractivity contribution is 0.0384. The van der Waals surface area contributed by atoms with Gasteiger partial charge in [0.1, 0.15) is 0 Å². The van der Waals surface area contributed by atoms with Crippen LogP contribution in [0.3, 0.4) is 0 Å². The van der Waals surface area contributed by atoms with E-state index in [1.54, 1.807) is 0 Å². The Labute approximate surface area is 85.2 Å². The van der Waals surface area contributed by atoms with Crippen molar-refractivity contribution in [2.75, 3.05) is 26.4 Å². The van der Waals surface area contributed by atoms with Crippen molar-refractivity contribution in [2.24, 2.45) is 23.7 Å². The highest BCUT2D eigenvalue weighted by atomic mass is 16.3. The van der Waals surface area contributed by atoms with Gasteiger partial charge in [0.15, 0.2) is 0 Å². The minimum absolute atomic E-state index is 0.0639. The smallest absolute Gasteiger partial charge is 0.0483 e. The second-order valence-electron chi connectivity index (χ2n) is 3.97. The average Bonchev–Trinajstić information content (AvgIpc) is 2.21. The Bertz CT molecular complexity index is 116. The standard InChI is InChI=1S/C10H22O4/c1-7(9(3-11)4-12)8(2)10(5-13)6-14/h7-14H,3-6H2,1-2H3/t7-,8-/m1/s1. The van der Waals surface area contributed by atoms with Gasteiger partial charge in [-0.1, -0.05) is 13.8 Å². The third-order valence-corrected chi connectivity index (χ3v) is 3.25. The monoisotopic (exact) mass is 206 g/mol. The second-order valence-corrected chi connectivity index (χ2v) is 3.97. The molecule has 14 heavy (non-hydrogen) atoms. The first-order valence-corrected chi connectivity index (χ1v) is 5.05. The molecule has 86 valence electrons. The number of aliphatic hydroxyl groups is 4. The predicted octanol–water partition coefficient (Wildman–Crippen LogP) is -0.540. The van der Waals surface area contributed by atoms with E-state index in [-0.39, 0.29) is 50.1 Å². The zero-order chi connectivity index (χ0) is 11.1. The number of rotatable bonds is 7. The van der Waals surface area contributed by atoms with E-state index in [2.05, 4.69) is 0 Å². The molecule has 0 aromatic rings. The maximum Gasteiger partial charge on any atom is 0.0483 e. The third-order valence-electron chi connectivity index (χ3n) is 3.25. The van der Waals surface area contributed by atoms with Gasteiger partial charge >= 0.3 is 0 Å². The highest BCUT2D eigenvalue weighted by Crippen LogP contribution is 2.26. The summed E-state index contributed by atoms with van der Waals surface area (Å²) in [5.74, 6) is -0.195. The van der Waals surface area contributed by atoms with Crippen molar-refractivity contribution >= 4 is 0 Å². The Morgan fingerprint density at radius 3 is 1.00 bits per heavy atom. The van der Waals surface area contributed by atoms with E-state index in [0.717, 1.165) is 0 Å². The van der Waals surface area contributed by atoms with E-state index in [4.69, 9.17) is 20.4 Å². The molecule has 0 unspecified atom stereocenters. The summed E-state index contributed by atoms with van der Waals surface area (Å²) in [6.07, 6.45) is 0. The molecule has 0 saturated carbocycles. The van der Waals surface area contributed by atoms with Gasteiger partial charge in [-0.25, -0.2) is 0 Å². The Kier molecular flexibility index (Phi) is 7.09. The Morgan fingerprint density at radius 1 is 0.643 bits per heavy atom. The van der Waals surface area contributed by atoms with Crippen molar-refractivity contribution in [3.05, 3.63) is 0 Å². The molecule has 0 aliphatic heterocycles. The van der Waals surface area contributed by atoms with Crippen molar-refractivity contribution in [2.45, 2.75) is 13.8 Å². The molecular formula is C10H22O4. The first kappa shape index (κ1) is 13.8. The fourth-order valence-corrected chi connectivity index (χ4v) is 1.64. The largest absolute Gasteiger partial charge is 0.396 e. The van der Waals surface area contributed by atoms with Gasteiger partial charge in [-0.05, 0) is 11.8 Å². The van der Waals surface area contributed by atoms with Gasteiger partial charge in [0, 0.05) is 38.3 Å². The van der Waals surface area contributed by atoms with Gasteiger partial charge in [-0.2, -0.15) is 0 Å². The van der Waals surface area contributed by atoms with Crippen LogP contribution in [0.2, 0.25) is 0 Å². The molecule has 0 bridgehead atoms. The van der Waals surface area contributed by atoms with E-state index in [1.807, 2.05) is 13.8 Å². The van der Waals surface area contributed by atoms with Crippen LogP contribution in [0.1, 0.15) is 13.8 Å². The average molecular weight is 206 g/mol. The summed E-state index contributed by atoms with van der Waals surface area (Å²) in [5, 5.41) is 36.0. The number of aliphatic hydroxyl groups excluding tert-OH is 4. The summed E-state index contributed by atoms with van der Waals surface area (Å²) in [5.41, 5.74) is 0. The second kappa shape index (κ2) is 7.17. The summed E-state index contributed by atoms with van der Waals surface area (Å²) < 4.78 is 0. The van der Waals surface area contributed by atoms with E-state index < -0.39 is 0 Å². The first-order valence-electron chi connectivity index (χ1n) is 5.05. The molecule has 0 amide bonds. The van der Waals surface area contributed by atoms with Crippen molar-refractivity contribution in [1.82, 2.24) is 0 Å². The molecule has 0 spiro atoms. The molecule has 0 saturated heterocycles. The molecule has 0 aliphatic carbocycles. The quantitative estimate of drug-likeness (QED) is 0.451. The molecule has 2 atom stereocenters. The fourth-order valence-electron chi connectivity index (χ4n) is 1.64. The summed E-state index contributed by atoms with van der Waals surface area (Å²) in [4.78, 5) is 0. The van der Waals surface area contributed by atoms with Crippen LogP contribution in [0, 0.1) is 23.7 Å². The minimum Gasteiger partial charge on any atom is -0.396 e. The topological polar surface area (TPSA) is 80.9 Å². The Balaban J connectivity index is 4.26. The third kappa shape index (κ3) is 3.53. The van der Waals surface area contributed by atoms with E-state index in [1.165, 1.54) is 0 Å². The van der Waals surface area contributed by atoms with Crippen molar-refractivity contribution in [3.8, 4) is 0 Å². The maximum atomic E-state index is 8.99. The van der Waals surface area contributed by atoms with Crippen molar-refractivity contribution < 1.29 is 20.4 Å². The van der Waals surface area contributed by atoms with Crippen LogP contribution in [0.4, 0.5) is 0 Å². The lowest BCUT2D eigenvalue weighted by Crippen LogP contribution is -2.32. The summed E-state index contributed by atoms with van der Waals surface area (Å²) in [6.45, 7) is 3.58. The van der Waals surface area contributed by atoms with Gasteiger partial charge in [0.25, 0.3) is 0 Å². The van der Waals surface area contributed by atoms with Crippen LogP contribution in [0.25, 0.3) is 0 Å². The molecule has 4 nitrogen and oxygen atoms in total. The van der Waals surface area contributed by atoms with Crippen LogP contribution in [0.15, 0.2) is 0 Å².